The molecule has 0 heterocycles. The maximum absolute atomic E-state index is 5.98. The van der Waals surface area contributed by atoms with Gasteiger partial charge >= 0.3 is 0 Å². The van der Waals surface area contributed by atoms with Crippen molar-refractivity contribution in [2.75, 3.05) is 7.11 Å². The van der Waals surface area contributed by atoms with Crippen molar-refractivity contribution in [1.29, 1.82) is 0 Å². The first-order chi connectivity index (χ1) is 5.54. The summed E-state index contributed by atoms with van der Waals surface area (Å²) >= 11 is 0. The first kappa shape index (κ1) is 11.9. The molecule has 1 unspecified atom stereocenters. The molecule has 0 bridgehead atoms. The van der Waals surface area contributed by atoms with Crippen LogP contribution >= 0.6 is 0 Å². The summed E-state index contributed by atoms with van der Waals surface area (Å²) in [5.74, 6) is 0. The Morgan fingerprint density at radius 3 is 2.33 bits per heavy atom. The molecule has 0 saturated heterocycles. The van der Waals surface area contributed by atoms with Gasteiger partial charge in [0.1, 0.15) is 0 Å². The predicted molar refractivity (Wildman–Crippen MR) is 53.2 cm³/mol. The Hall–Kier alpha value is -0.0800. The van der Waals surface area contributed by atoms with Crippen molar-refractivity contribution < 1.29 is 4.74 Å². The van der Waals surface area contributed by atoms with E-state index >= 15 is 0 Å². The number of hydrogen-bond acceptors (Lipinski definition) is 2. The number of nitrogens with two attached hydrogens (primary N) is 1. The monoisotopic (exact) mass is 173 g/mol. The van der Waals surface area contributed by atoms with Gasteiger partial charge in [-0.3, -0.25) is 0 Å². The first-order valence-corrected chi connectivity index (χ1v) is 4.85. The lowest BCUT2D eigenvalue weighted by Gasteiger charge is -2.30. The van der Waals surface area contributed by atoms with Crippen LogP contribution in [0.3, 0.4) is 0 Å². The van der Waals surface area contributed by atoms with Crippen LogP contribution in [0.5, 0.6) is 0 Å². The van der Waals surface area contributed by atoms with Crippen molar-refractivity contribution >= 4 is 0 Å². The van der Waals surface area contributed by atoms with Gasteiger partial charge in [-0.1, -0.05) is 26.2 Å². The van der Waals surface area contributed by atoms with E-state index in [-0.39, 0.29) is 11.6 Å². The molecule has 0 amide bonds. The van der Waals surface area contributed by atoms with E-state index in [4.69, 9.17) is 10.5 Å². The Morgan fingerprint density at radius 2 is 1.92 bits per heavy atom. The normalized spacial score (nSPS) is 14.8. The Kier molecular flexibility index (Phi) is 5.51. The molecule has 0 aromatic heterocycles. The topological polar surface area (TPSA) is 35.2 Å². The van der Waals surface area contributed by atoms with Crippen LogP contribution in [0.2, 0.25) is 0 Å². The molecule has 0 saturated carbocycles. The molecular formula is C10H23NO. The summed E-state index contributed by atoms with van der Waals surface area (Å²) in [5, 5.41) is 0. The maximum atomic E-state index is 5.98. The lowest BCUT2D eigenvalue weighted by molar-refractivity contribution is -0.00199. The lowest BCUT2D eigenvalue weighted by Crippen LogP contribution is -2.44. The molecule has 0 aromatic carbocycles. The van der Waals surface area contributed by atoms with Gasteiger partial charge in [0.2, 0.25) is 0 Å². The minimum atomic E-state index is -0.173. The summed E-state index contributed by atoms with van der Waals surface area (Å²) in [7, 11) is 1.72. The molecule has 12 heavy (non-hydrogen) atoms. The molecule has 0 fully saturated rings. The van der Waals surface area contributed by atoms with Gasteiger partial charge < -0.3 is 10.5 Å². The third-order valence-corrected chi connectivity index (χ3v) is 2.54. The maximum Gasteiger partial charge on any atom is 0.0772 e. The molecule has 2 N–H and O–H groups in total. The van der Waals surface area contributed by atoms with Gasteiger partial charge in [-0.05, 0) is 20.3 Å². The molecule has 1 atom stereocenters. The van der Waals surface area contributed by atoms with Crippen molar-refractivity contribution in [2.45, 2.75) is 58.1 Å². The Morgan fingerprint density at radius 1 is 1.33 bits per heavy atom. The third-order valence-electron chi connectivity index (χ3n) is 2.54. The van der Waals surface area contributed by atoms with Crippen LogP contribution in [-0.2, 0) is 4.74 Å². The van der Waals surface area contributed by atoms with Gasteiger partial charge in [-0.25, -0.2) is 0 Å². The van der Waals surface area contributed by atoms with Gasteiger partial charge in [0.05, 0.1) is 5.60 Å². The van der Waals surface area contributed by atoms with Crippen LogP contribution in [0.25, 0.3) is 0 Å². The van der Waals surface area contributed by atoms with Crippen LogP contribution in [0.4, 0.5) is 0 Å². The molecule has 2 nitrogen and oxygen atoms in total. The quantitative estimate of drug-likeness (QED) is 0.626. The highest BCUT2D eigenvalue weighted by Gasteiger charge is 2.24. The molecular weight excluding hydrogens is 150 g/mol. The summed E-state index contributed by atoms with van der Waals surface area (Å²) < 4.78 is 5.31. The number of unbranched alkanes of at least 4 members (excludes halogenated alkanes) is 2. The first-order valence-electron chi connectivity index (χ1n) is 4.85. The largest absolute Gasteiger partial charge is 0.377 e. The number of rotatable bonds is 6. The molecule has 0 aliphatic heterocycles. The second-order valence-corrected chi connectivity index (χ2v) is 3.91. The van der Waals surface area contributed by atoms with Crippen molar-refractivity contribution in [1.82, 2.24) is 0 Å². The Bertz CT molecular complexity index is 112. The highest BCUT2D eigenvalue weighted by molar-refractivity contribution is 4.81. The zero-order chi connectivity index (χ0) is 9.61. The van der Waals surface area contributed by atoms with E-state index in [0.717, 1.165) is 6.42 Å². The van der Waals surface area contributed by atoms with Crippen LogP contribution in [0, 0.1) is 0 Å². The fourth-order valence-corrected chi connectivity index (χ4v) is 1.11. The van der Waals surface area contributed by atoms with Gasteiger partial charge in [-0.15, -0.1) is 0 Å². The second kappa shape index (κ2) is 5.55. The fraction of sp³-hybridized carbons (Fsp3) is 1.00. The smallest absolute Gasteiger partial charge is 0.0772 e. The Balaban J connectivity index is 3.63. The molecule has 74 valence electrons. The standard InChI is InChI=1S/C10H23NO/c1-5-6-7-8-9(11)10(2,3)12-4/h9H,5-8,11H2,1-4H3. The van der Waals surface area contributed by atoms with Crippen LogP contribution in [0.15, 0.2) is 0 Å². The van der Waals surface area contributed by atoms with E-state index in [2.05, 4.69) is 6.92 Å². The SMILES string of the molecule is CCCCCC(N)C(C)(C)OC. The zero-order valence-electron chi connectivity index (χ0n) is 8.89. The van der Waals surface area contributed by atoms with Crippen LogP contribution in [0.1, 0.15) is 46.5 Å². The molecule has 0 radical (unpaired) electrons. The summed E-state index contributed by atoms with van der Waals surface area (Å²) in [6.07, 6.45) is 4.80. The lowest BCUT2D eigenvalue weighted by atomic mass is 9.94. The fourth-order valence-electron chi connectivity index (χ4n) is 1.11. The molecule has 0 aromatic rings. The number of hydrogen-bond donors (Lipinski definition) is 1. The minimum absolute atomic E-state index is 0.161. The van der Waals surface area contributed by atoms with Crippen molar-refractivity contribution in [3.8, 4) is 0 Å². The molecule has 0 aliphatic carbocycles. The van der Waals surface area contributed by atoms with Gasteiger partial charge in [0.25, 0.3) is 0 Å². The predicted octanol–water partition coefficient (Wildman–Crippen LogP) is 2.32. The van der Waals surface area contributed by atoms with Gasteiger partial charge in [0.15, 0.2) is 0 Å². The zero-order valence-corrected chi connectivity index (χ0v) is 8.89. The van der Waals surface area contributed by atoms with Crippen molar-refractivity contribution in [2.24, 2.45) is 5.73 Å². The van der Waals surface area contributed by atoms with E-state index < -0.39 is 0 Å². The Labute approximate surface area is 76.5 Å². The highest BCUT2D eigenvalue weighted by Crippen LogP contribution is 2.16. The summed E-state index contributed by atoms with van der Waals surface area (Å²) in [4.78, 5) is 0. The van der Waals surface area contributed by atoms with Crippen LogP contribution in [-0.4, -0.2) is 18.8 Å². The number of ether oxygens (including phenoxy) is 1. The van der Waals surface area contributed by atoms with Crippen molar-refractivity contribution in [3.05, 3.63) is 0 Å². The van der Waals surface area contributed by atoms with E-state index in [9.17, 15) is 0 Å². The summed E-state index contributed by atoms with van der Waals surface area (Å²) in [5.41, 5.74) is 5.80. The average molecular weight is 173 g/mol. The van der Waals surface area contributed by atoms with Crippen molar-refractivity contribution in [3.63, 3.8) is 0 Å². The number of methoxy groups -OCH3 is 1. The molecule has 0 rings (SSSR count). The molecule has 0 aliphatic rings. The molecule has 2 heteroatoms. The minimum Gasteiger partial charge on any atom is -0.377 e. The van der Waals surface area contributed by atoms with E-state index in [1.54, 1.807) is 7.11 Å². The van der Waals surface area contributed by atoms with Gasteiger partial charge in [-0.2, -0.15) is 0 Å². The van der Waals surface area contributed by atoms with Gasteiger partial charge in [0, 0.05) is 13.2 Å². The van der Waals surface area contributed by atoms with E-state index in [1.165, 1.54) is 19.3 Å². The highest BCUT2D eigenvalue weighted by atomic mass is 16.5. The summed E-state index contributed by atoms with van der Waals surface area (Å²) in [6.45, 7) is 6.29. The van der Waals surface area contributed by atoms with E-state index in [1.807, 2.05) is 13.8 Å². The molecule has 0 spiro atoms. The second-order valence-electron chi connectivity index (χ2n) is 3.91. The van der Waals surface area contributed by atoms with Crippen LogP contribution < -0.4 is 5.73 Å². The summed E-state index contributed by atoms with van der Waals surface area (Å²) in [6, 6.07) is 0.161. The average Bonchev–Trinajstić information content (AvgIpc) is 2.05. The van der Waals surface area contributed by atoms with E-state index in [0.29, 0.717) is 0 Å². The third kappa shape index (κ3) is 4.07.